The Morgan fingerprint density at radius 2 is 0.534 bits per heavy atom. The quantitative estimate of drug-likeness (QED) is 0.0261. The number of carbonyl (C=O) groups is 3. The molecular formula is C67H114O6. The van der Waals surface area contributed by atoms with Gasteiger partial charge in [0.2, 0.25) is 0 Å². The third kappa shape index (κ3) is 59.1. The summed E-state index contributed by atoms with van der Waals surface area (Å²) in [5.74, 6) is -0.916. The number of esters is 3. The number of hydrogen-bond acceptors (Lipinski definition) is 6. The van der Waals surface area contributed by atoms with Gasteiger partial charge in [-0.15, -0.1) is 0 Å². The van der Waals surface area contributed by atoms with Crippen molar-refractivity contribution in [2.24, 2.45) is 0 Å². The standard InChI is InChI=1S/C67H114O6/c1-4-7-10-13-16-19-22-25-28-30-32-33-35-36-39-42-45-48-51-54-57-60-66(69)72-63-64(62-71-65(68)59-56-53-50-47-44-41-38-27-24-21-18-15-12-9-6-3)73-67(70)61-58-55-52-49-46-43-40-37-34-31-29-26-23-20-17-14-11-8-5-2/h8,11,17-18,20-22,25-27,29-30,32,34,37-38,64H,4-7,9-10,12-16,19,23-24,28,31,33,35-36,39-63H2,1-3H3/b11-8-,20-17-,21-18-,25-22-,29-26-,32-30-,37-34-,38-27-. The first-order valence-electron chi connectivity index (χ1n) is 30.7. The summed E-state index contributed by atoms with van der Waals surface area (Å²) in [4.78, 5) is 38.3. The minimum Gasteiger partial charge on any atom is -0.462 e. The third-order valence-electron chi connectivity index (χ3n) is 13.0. The maximum Gasteiger partial charge on any atom is 0.306 e. The van der Waals surface area contributed by atoms with Gasteiger partial charge in [0.15, 0.2) is 6.10 Å². The van der Waals surface area contributed by atoms with Gasteiger partial charge in [-0.1, -0.05) is 246 Å². The van der Waals surface area contributed by atoms with Crippen molar-refractivity contribution in [2.45, 2.75) is 297 Å². The number of allylic oxidation sites excluding steroid dienone is 16. The molecule has 0 aliphatic carbocycles. The maximum atomic E-state index is 12.9. The van der Waals surface area contributed by atoms with Crippen molar-refractivity contribution in [2.75, 3.05) is 13.2 Å². The van der Waals surface area contributed by atoms with Gasteiger partial charge < -0.3 is 14.2 Å². The van der Waals surface area contributed by atoms with Gasteiger partial charge in [-0.05, 0) is 122 Å². The molecule has 1 atom stereocenters. The number of hydrogen-bond donors (Lipinski definition) is 0. The van der Waals surface area contributed by atoms with Crippen molar-refractivity contribution in [3.05, 3.63) is 97.2 Å². The molecule has 0 aliphatic rings. The largest absolute Gasteiger partial charge is 0.462 e. The lowest BCUT2D eigenvalue weighted by atomic mass is 10.1. The van der Waals surface area contributed by atoms with Gasteiger partial charge in [0.25, 0.3) is 0 Å². The van der Waals surface area contributed by atoms with Crippen LogP contribution in [-0.4, -0.2) is 37.2 Å². The van der Waals surface area contributed by atoms with E-state index in [-0.39, 0.29) is 31.1 Å². The zero-order valence-corrected chi connectivity index (χ0v) is 47.9. The molecule has 0 amide bonds. The minimum absolute atomic E-state index is 0.0904. The molecule has 0 heterocycles. The Morgan fingerprint density at radius 3 is 0.863 bits per heavy atom. The molecule has 0 aromatic heterocycles. The molecule has 1 unspecified atom stereocenters. The molecule has 0 saturated heterocycles. The molecule has 0 bridgehead atoms. The molecule has 0 aliphatic heterocycles. The van der Waals surface area contributed by atoms with Gasteiger partial charge >= 0.3 is 17.9 Å². The van der Waals surface area contributed by atoms with Gasteiger partial charge in [0, 0.05) is 19.3 Å². The average Bonchev–Trinajstić information content (AvgIpc) is 3.39. The molecular weight excluding hydrogens is 901 g/mol. The van der Waals surface area contributed by atoms with Gasteiger partial charge in [0.1, 0.15) is 13.2 Å². The van der Waals surface area contributed by atoms with Crippen LogP contribution in [0.2, 0.25) is 0 Å². The van der Waals surface area contributed by atoms with Crippen LogP contribution in [0.1, 0.15) is 290 Å². The van der Waals surface area contributed by atoms with E-state index in [4.69, 9.17) is 14.2 Å². The number of carbonyl (C=O) groups excluding carboxylic acids is 3. The summed E-state index contributed by atoms with van der Waals surface area (Å²) in [7, 11) is 0. The molecule has 0 rings (SSSR count). The molecule has 0 aromatic carbocycles. The fourth-order valence-electron chi connectivity index (χ4n) is 8.44. The van der Waals surface area contributed by atoms with Crippen molar-refractivity contribution in [1.82, 2.24) is 0 Å². The highest BCUT2D eigenvalue weighted by molar-refractivity contribution is 5.71. The van der Waals surface area contributed by atoms with Gasteiger partial charge in [-0.25, -0.2) is 0 Å². The molecule has 0 N–H and O–H groups in total. The number of unbranched alkanes of at least 4 members (excludes halogenated alkanes) is 28. The van der Waals surface area contributed by atoms with E-state index in [1.54, 1.807) is 0 Å². The molecule has 0 fully saturated rings. The summed E-state index contributed by atoms with van der Waals surface area (Å²) in [6, 6.07) is 0. The molecule has 0 radical (unpaired) electrons. The molecule has 73 heavy (non-hydrogen) atoms. The summed E-state index contributed by atoms with van der Waals surface area (Å²) < 4.78 is 16.9. The second-order valence-electron chi connectivity index (χ2n) is 20.2. The first-order chi connectivity index (χ1) is 36.0. The van der Waals surface area contributed by atoms with Crippen LogP contribution in [0, 0.1) is 0 Å². The van der Waals surface area contributed by atoms with Crippen molar-refractivity contribution in [1.29, 1.82) is 0 Å². The van der Waals surface area contributed by atoms with Crippen LogP contribution >= 0.6 is 0 Å². The van der Waals surface area contributed by atoms with Crippen LogP contribution in [0.3, 0.4) is 0 Å². The van der Waals surface area contributed by atoms with E-state index in [0.717, 1.165) is 128 Å². The Morgan fingerprint density at radius 1 is 0.288 bits per heavy atom. The molecule has 0 aromatic rings. The Bertz CT molecular complexity index is 1440. The highest BCUT2D eigenvalue weighted by Crippen LogP contribution is 2.15. The smallest absolute Gasteiger partial charge is 0.306 e. The lowest BCUT2D eigenvalue weighted by molar-refractivity contribution is -0.167. The third-order valence-corrected chi connectivity index (χ3v) is 13.0. The van der Waals surface area contributed by atoms with Crippen LogP contribution in [-0.2, 0) is 28.6 Å². The second-order valence-corrected chi connectivity index (χ2v) is 20.2. The van der Waals surface area contributed by atoms with E-state index in [0.29, 0.717) is 19.3 Å². The summed E-state index contributed by atoms with van der Waals surface area (Å²) in [5, 5.41) is 0. The fourth-order valence-corrected chi connectivity index (χ4v) is 8.44. The maximum absolute atomic E-state index is 12.9. The Hall–Kier alpha value is -3.67. The van der Waals surface area contributed by atoms with Crippen LogP contribution in [0.25, 0.3) is 0 Å². The van der Waals surface area contributed by atoms with Gasteiger partial charge in [0.05, 0.1) is 0 Å². The van der Waals surface area contributed by atoms with Crippen molar-refractivity contribution in [3.63, 3.8) is 0 Å². The molecule has 0 saturated carbocycles. The van der Waals surface area contributed by atoms with E-state index >= 15 is 0 Å². The molecule has 0 spiro atoms. The number of ether oxygens (including phenoxy) is 3. The van der Waals surface area contributed by atoms with Crippen LogP contribution in [0.15, 0.2) is 97.2 Å². The molecule has 418 valence electrons. The van der Waals surface area contributed by atoms with Crippen molar-refractivity contribution >= 4 is 17.9 Å². The average molecular weight is 1020 g/mol. The second kappa shape index (κ2) is 60.9. The highest BCUT2D eigenvalue weighted by atomic mass is 16.6. The Kier molecular flexibility index (Phi) is 57.8. The minimum atomic E-state index is -0.795. The Labute approximate surface area is 451 Å². The zero-order valence-electron chi connectivity index (χ0n) is 47.9. The highest BCUT2D eigenvalue weighted by Gasteiger charge is 2.19. The predicted molar refractivity (Wildman–Crippen MR) is 316 cm³/mol. The normalized spacial score (nSPS) is 12.8. The number of rotatable bonds is 55. The van der Waals surface area contributed by atoms with Gasteiger partial charge in [-0.2, -0.15) is 0 Å². The molecule has 6 heteroatoms. The van der Waals surface area contributed by atoms with E-state index < -0.39 is 6.10 Å². The van der Waals surface area contributed by atoms with Crippen LogP contribution in [0.5, 0.6) is 0 Å². The summed E-state index contributed by atoms with van der Waals surface area (Å²) in [6.45, 7) is 6.48. The van der Waals surface area contributed by atoms with Gasteiger partial charge in [-0.3, -0.25) is 14.4 Å². The van der Waals surface area contributed by atoms with Crippen molar-refractivity contribution < 1.29 is 28.6 Å². The summed E-state index contributed by atoms with van der Waals surface area (Å²) in [6.07, 6.45) is 81.1. The zero-order chi connectivity index (χ0) is 52.9. The first kappa shape index (κ1) is 69.3. The van der Waals surface area contributed by atoms with E-state index in [2.05, 4.69) is 118 Å². The Balaban J connectivity index is 4.42. The summed E-state index contributed by atoms with van der Waals surface area (Å²) in [5.41, 5.74) is 0. The predicted octanol–water partition coefficient (Wildman–Crippen LogP) is 20.9. The van der Waals surface area contributed by atoms with Crippen LogP contribution in [0.4, 0.5) is 0 Å². The lowest BCUT2D eigenvalue weighted by Gasteiger charge is -2.18. The first-order valence-corrected chi connectivity index (χ1v) is 30.7. The van der Waals surface area contributed by atoms with E-state index in [1.165, 1.54) is 122 Å². The lowest BCUT2D eigenvalue weighted by Crippen LogP contribution is -2.30. The fraction of sp³-hybridized carbons (Fsp3) is 0.716. The van der Waals surface area contributed by atoms with Crippen LogP contribution < -0.4 is 0 Å². The monoisotopic (exact) mass is 1010 g/mol. The summed E-state index contributed by atoms with van der Waals surface area (Å²) >= 11 is 0. The van der Waals surface area contributed by atoms with E-state index in [9.17, 15) is 14.4 Å². The topological polar surface area (TPSA) is 78.9 Å². The molecule has 6 nitrogen and oxygen atoms in total. The van der Waals surface area contributed by atoms with Crippen molar-refractivity contribution in [3.8, 4) is 0 Å². The SMILES string of the molecule is CC/C=C\C/C=C\C/C=C\C/C=C\CCCCCCCCC(=O)OC(COC(=O)CCCCCCC/C=C\C/C=C\CCCCC)COC(=O)CCCCCCCCCCC/C=C\C/C=C\CCCCCCC. The van der Waals surface area contributed by atoms with E-state index in [1.807, 2.05) is 0 Å².